The van der Waals surface area contributed by atoms with E-state index >= 15 is 0 Å². The molecule has 0 saturated carbocycles. The van der Waals surface area contributed by atoms with Crippen LogP contribution in [0.25, 0.3) is 0 Å². The number of alkyl halides is 2. The number of halogens is 3. The Morgan fingerprint density at radius 3 is 2.55 bits per heavy atom. The molecule has 0 spiro atoms. The highest BCUT2D eigenvalue weighted by atomic mass is 79.9. The number of hydrogen-bond donors (Lipinski definition) is 1. The van der Waals surface area contributed by atoms with Gasteiger partial charge in [-0.05, 0) is 30.3 Å². The molecular formula is C13H8BrF2NO4S. The summed E-state index contributed by atoms with van der Waals surface area (Å²) in [7, 11) is -3.96. The van der Waals surface area contributed by atoms with E-state index in [1.54, 1.807) is 12.1 Å². The van der Waals surface area contributed by atoms with Gasteiger partial charge >= 0.3 is 6.29 Å². The highest BCUT2D eigenvalue weighted by Crippen LogP contribution is 2.46. The molecule has 2 aromatic carbocycles. The lowest BCUT2D eigenvalue weighted by Gasteiger charge is -2.10. The third-order valence-electron chi connectivity index (χ3n) is 2.78. The van der Waals surface area contributed by atoms with Crippen LogP contribution in [0.15, 0.2) is 51.8 Å². The van der Waals surface area contributed by atoms with Gasteiger partial charge in [0.1, 0.15) is 0 Å². The van der Waals surface area contributed by atoms with Crippen molar-refractivity contribution in [3.63, 3.8) is 0 Å². The average Bonchev–Trinajstić information content (AvgIpc) is 2.74. The van der Waals surface area contributed by atoms with E-state index in [1.165, 1.54) is 30.3 Å². The van der Waals surface area contributed by atoms with Gasteiger partial charge in [-0.1, -0.05) is 28.1 Å². The number of anilines is 1. The van der Waals surface area contributed by atoms with Crippen molar-refractivity contribution in [3.8, 4) is 11.5 Å². The second-order valence-electron chi connectivity index (χ2n) is 4.36. The van der Waals surface area contributed by atoms with Gasteiger partial charge in [-0.25, -0.2) is 8.42 Å². The average molecular weight is 392 g/mol. The van der Waals surface area contributed by atoms with E-state index < -0.39 is 16.3 Å². The quantitative estimate of drug-likeness (QED) is 0.868. The normalized spacial score (nSPS) is 15.6. The Kier molecular flexibility index (Phi) is 3.48. The number of sulfonamides is 1. The Bertz CT molecular complexity index is 842. The standard InChI is InChI=1S/C13H8BrF2NO4S/c14-8-3-1-4-9(7-8)22(18,19)17-10-5-2-6-11-12(10)21-13(15,16)20-11/h1-7,17H. The van der Waals surface area contributed by atoms with Crippen LogP contribution in [-0.2, 0) is 10.0 Å². The van der Waals surface area contributed by atoms with E-state index in [4.69, 9.17) is 0 Å². The summed E-state index contributed by atoms with van der Waals surface area (Å²) in [5.41, 5.74) is -0.130. The van der Waals surface area contributed by atoms with Crippen molar-refractivity contribution >= 4 is 31.6 Å². The van der Waals surface area contributed by atoms with Gasteiger partial charge in [0.25, 0.3) is 10.0 Å². The molecule has 0 unspecified atom stereocenters. The minimum atomic E-state index is -3.96. The highest BCUT2D eigenvalue weighted by molar-refractivity contribution is 9.10. The fraction of sp³-hybridized carbons (Fsp3) is 0.0769. The second kappa shape index (κ2) is 5.10. The fourth-order valence-corrected chi connectivity index (χ4v) is 3.55. The number of hydrogen-bond acceptors (Lipinski definition) is 4. The predicted molar refractivity (Wildman–Crippen MR) is 77.6 cm³/mol. The zero-order valence-electron chi connectivity index (χ0n) is 10.7. The zero-order chi connectivity index (χ0) is 16.0. The minimum Gasteiger partial charge on any atom is -0.395 e. The Labute approximate surface area is 133 Å². The molecule has 0 aliphatic carbocycles. The maximum absolute atomic E-state index is 13.1. The number of fused-ring (bicyclic) bond motifs is 1. The van der Waals surface area contributed by atoms with Crippen LogP contribution in [0, 0.1) is 0 Å². The number of nitrogens with one attached hydrogen (secondary N) is 1. The molecule has 0 fully saturated rings. The van der Waals surface area contributed by atoms with Crippen molar-refractivity contribution in [2.24, 2.45) is 0 Å². The summed E-state index contributed by atoms with van der Waals surface area (Å²) in [6.45, 7) is 0. The SMILES string of the molecule is O=S(=O)(Nc1cccc2c1OC(F)(F)O2)c1cccc(Br)c1. The molecule has 116 valence electrons. The van der Waals surface area contributed by atoms with E-state index in [9.17, 15) is 17.2 Å². The van der Waals surface area contributed by atoms with E-state index in [0.29, 0.717) is 4.47 Å². The van der Waals surface area contributed by atoms with Gasteiger partial charge < -0.3 is 9.47 Å². The summed E-state index contributed by atoms with van der Waals surface area (Å²) in [6, 6.07) is 9.91. The highest BCUT2D eigenvalue weighted by Gasteiger charge is 2.44. The molecule has 0 radical (unpaired) electrons. The number of rotatable bonds is 3. The molecule has 0 aromatic heterocycles. The topological polar surface area (TPSA) is 64.6 Å². The molecule has 1 aliphatic rings. The first-order chi connectivity index (χ1) is 10.3. The first-order valence-electron chi connectivity index (χ1n) is 5.94. The zero-order valence-corrected chi connectivity index (χ0v) is 13.1. The smallest absolute Gasteiger partial charge is 0.395 e. The monoisotopic (exact) mass is 391 g/mol. The van der Waals surface area contributed by atoms with Crippen molar-refractivity contribution in [3.05, 3.63) is 46.9 Å². The molecule has 5 nitrogen and oxygen atoms in total. The summed E-state index contributed by atoms with van der Waals surface area (Å²) < 4.78 is 62.2. The first-order valence-corrected chi connectivity index (χ1v) is 8.22. The summed E-state index contributed by atoms with van der Waals surface area (Å²) in [5, 5.41) is 0. The van der Waals surface area contributed by atoms with Gasteiger partial charge in [-0.15, -0.1) is 8.78 Å². The Hall–Kier alpha value is -1.87. The molecule has 22 heavy (non-hydrogen) atoms. The largest absolute Gasteiger partial charge is 0.586 e. The Morgan fingerprint density at radius 2 is 1.82 bits per heavy atom. The molecule has 1 heterocycles. The Balaban J connectivity index is 1.97. The lowest BCUT2D eigenvalue weighted by molar-refractivity contribution is -0.286. The van der Waals surface area contributed by atoms with Crippen LogP contribution < -0.4 is 14.2 Å². The van der Waals surface area contributed by atoms with Crippen LogP contribution in [0.4, 0.5) is 14.5 Å². The summed E-state index contributed by atoms with van der Waals surface area (Å²) >= 11 is 3.17. The van der Waals surface area contributed by atoms with Crippen LogP contribution >= 0.6 is 15.9 Å². The van der Waals surface area contributed by atoms with Crippen molar-refractivity contribution in [1.82, 2.24) is 0 Å². The second-order valence-corrected chi connectivity index (χ2v) is 6.96. The molecule has 0 atom stereocenters. The van der Waals surface area contributed by atoms with Gasteiger partial charge in [0.15, 0.2) is 11.5 Å². The molecule has 0 bridgehead atoms. The van der Waals surface area contributed by atoms with Gasteiger partial charge in [0.05, 0.1) is 10.6 Å². The van der Waals surface area contributed by atoms with Crippen LogP contribution in [0.5, 0.6) is 11.5 Å². The fourth-order valence-electron chi connectivity index (χ4n) is 1.89. The van der Waals surface area contributed by atoms with Gasteiger partial charge in [0, 0.05) is 4.47 Å². The third kappa shape index (κ3) is 2.86. The number of benzene rings is 2. The van der Waals surface area contributed by atoms with E-state index in [0.717, 1.165) is 0 Å². The van der Waals surface area contributed by atoms with Gasteiger partial charge in [0.2, 0.25) is 0 Å². The lowest BCUT2D eigenvalue weighted by Crippen LogP contribution is -2.26. The van der Waals surface area contributed by atoms with Crippen molar-refractivity contribution in [2.45, 2.75) is 11.2 Å². The van der Waals surface area contributed by atoms with Crippen LogP contribution in [0.1, 0.15) is 0 Å². The van der Waals surface area contributed by atoms with Gasteiger partial charge in [-0.3, -0.25) is 4.72 Å². The van der Waals surface area contributed by atoms with Crippen molar-refractivity contribution < 1.29 is 26.7 Å². The molecule has 1 aliphatic heterocycles. The van der Waals surface area contributed by atoms with E-state index in [-0.39, 0.29) is 22.1 Å². The molecule has 0 saturated heterocycles. The van der Waals surface area contributed by atoms with Crippen molar-refractivity contribution in [2.75, 3.05) is 4.72 Å². The summed E-state index contributed by atoms with van der Waals surface area (Å²) in [4.78, 5) is -0.0230. The molecule has 1 N–H and O–H groups in total. The summed E-state index contributed by atoms with van der Waals surface area (Å²) in [5.74, 6) is -0.592. The van der Waals surface area contributed by atoms with Crippen LogP contribution in [0.2, 0.25) is 0 Å². The molecule has 2 aromatic rings. The third-order valence-corrected chi connectivity index (χ3v) is 4.64. The first kappa shape index (κ1) is 15.0. The van der Waals surface area contributed by atoms with E-state index in [2.05, 4.69) is 30.1 Å². The molecule has 9 heteroatoms. The molecule has 3 rings (SSSR count). The molecule has 0 amide bonds. The van der Waals surface area contributed by atoms with Crippen molar-refractivity contribution in [1.29, 1.82) is 0 Å². The molecular weight excluding hydrogens is 384 g/mol. The maximum atomic E-state index is 13.1. The van der Waals surface area contributed by atoms with Gasteiger partial charge in [-0.2, -0.15) is 0 Å². The maximum Gasteiger partial charge on any atom is 0.586 e. The lowest BCUT2D eigenvalue weighted by atomic mass is 10.3. The van der Waals surface area contributed by atoms with Crippen LogP contribution in [0.3, 0.4) is 0 Å². The number of ether oxygens (including phenoxy) is 2. The summed E-state index contributed by atoms with van der Waals surface area (Å²) in [6.07, 6.45) is -3.82. The number of para-hydroxylation sites is 1. The predicted octanol–water partition coefficient (Wildman–Crippen LogP) is 3.57. The Morgan fingerprint density at radius 1 is 1.09 bits per heavy atom. The minimum absolute atomic E-state index is 0.0230. The van der Waals surface area contributed by atoms with Crippen LogP contribution in [-0.4, -0.2) is 14.7 Å². The van der Waals surface area contributed by atoms with E-state index in [1.807, 2.05) is 0 Å².